The van der Waals surface area contributed by atoms with Crippen molar-refractivity contribution in [2.75, 3.05) is 18.5 Å². The van der Waals surface area contributed by atoms with Crippen LogP contribution in [0.2, 0.25) is 0 Å². The van der Waals surface area contributed by atoms with Gasteiger partial charge in [0.25, 0.3) is 0 Å². The van der Waals surface area contributed by atoms with Crippen molar-refractivity contribution in [3.05, 3.63) is 35.9 Å². The second-order valence-corrected chi connectivity index (χ2v) is 14.9. The second kappa shape index (κ2) is 9.16. The van der Waals surface area contributed by atoms with Crippen LogP contribution in [-0.4, -0.2) is 18.5 Å². The number of unbranched alkanes of at least 4 members (excludes halogenated alkanes) is 3. The molecular formula is C19H34ClP. The number of halogens is 1. The first-order valence-electron chi connectivity index (χ1n) is 8.82. The molecule has 0 saturated carbocycles. The Hall–Kier alpha value is -0.0600. The first-order valence-corrected chi connectivity index (χ1v) is 12.7. The first-order chi connectivity index (χ1) is 10.1. The fourth-order valence-electron chi connectivity index (χ4n) is 3.27. The summed E-state index contributed by atoms with van der Waals surface area (Å²) in [6.07, 6.45) is 12.6. The molecule has 2 heteroatoms. The molecule has 0 nitrogen and oxygen atoms in total. The van der Waals surface area contributed by atoms with Gasteiger partial charge in [0.05, 0.1) is 0 Å². The van der Waals surface area contributed by atoms with E-state index in [1.807, 2.05) is 0 Å². The van der Waals surface area contributed by atoms with Crippen LogP contribution in [0.4, 0.5) is 0 Å². The zero-order valence-corrected chi connectivity index (χ0v) is 15.9. The van der Waals surface area contributed by atoms with E-state index in [9.17, 15) is 0 Å². The van der Waals surface area contributed by atoms with Crippen molar-refractivity contribution in [3.63, 3.8) is 0 Å². The fourth-order valence-corrected chi connectivity index (χ4v) is 10.4. The first kappa shape index (κ1) is 19.0. The standard InChI is InChI=1S/C19H34ClP/c1-4-7-15-21(20,16-8-5-2,17-9-6-3)18-19-13-11-10-12-14-19/h10-14H,4-9,15-18H2,1-3H3. The fraction of sp³-hybridized carbons (Fsp3) is 0.684. The molecule has 0 N–H and O–H groups in total. The number of hydrogen-bond donors (Lipinski definition) is 0. The van der Waals surface area contributed by atoms with E-state index in [-0.39, 0.29) is 0 Å². The molecular weight excluding hydrogens is 295 g/mol. The van der Waals surface area contributed by atoms with Gasteiger partial charge in [-0.05, 0) is 0 Å². The van der Waals surface area contributed by atoms with Crippen LogP contribution in [-0.2, 0) is 6.16 Å². The molecule has 0 fully saturated rings. The van der Waals surface area contributed by atoms with E-state index < -0.39 is 5.96 Å². The summed E-state index contributed by atoms with van der Waals surface area (Å²) in [7, 11) is 0. The summed E-state index contributed by atoms with van der Waals surface area (Å²) in [6.45, 7) is 6.88. The molecule has 0 spiro atoms. The zero-order valence-electron chi connectivity index (χ0n) is 14.3. The van der Waals surface area contributed by atoms with Gasteiger partial charge in [-0.1, -0.05) is 0 Å². The molecule has 0 saturated heterocycles. The quantitative estimate of drug-likeness (QED) is 0.374. The summed E-state index contributed by atoms with van der Waals surface area (Å²) in [5, 5.41) is 0. The molecule has 0 aromatic heterocycles. The van der Waals surface area contributed by atoms with Crippen LogP contribution in [0.5, 0.6) is 0 Å². The third-order valence-corrected chi connectivity index (χ3v) is 12.0. The molecule has 0 atom stereocenters. The topological polar surface area (TPSA) is 0 Å². The van der Waals surface area contributed by atoms with E-state index in [1.54, 1.807) is 0 Å². The van der Waals surface area contributed by atoms with Gasteiger partial charge in [-0.3, -0.25) is 0 Å². The van der Waals surface area contributed by atoms with E-state index in [1.165, 1.54) is 62.6 Å². The molecule has 122 valence electrons. The van der Waals surface area contributed by atoms with E-state index in [0.717, 1.165) is 6.16 Å². The molecule has 1 aromatic rings. The van der Waals surface area contributed by atoms with Crippen molar-refractivity contribution in [1.82, 2.24) is 0 Å². The summed E-state index contributed by atoms with van der Waals surface area (Å²) in [5.74, 6) is -2.12. The predicted octanol–water partition coefficient (Wildman–Crippen LogP) is 7.29. The van der Waals surface area contributed by atoms with Crippen LogP contribution in [0, 0.1) is 0 Å². The molecule has 0 unspecified atom stereocenters. The molecule has 0 aliphatic heterocycles. The normalized spacial score (nSPS) is 13.8. The summed E-state index contributed by atoms with van der Waals surface area (Å²) in [6, 6.07) is 11.0. The summed E-state index contributed by atoms with van der Waals surface area (Å²) in [5.41, 5.74) is 1.45. The van der Waals surface area contributed by atoms with Crippen molar-refractivity contribution in [2.45, 2.75) is 65.5 Å². The monoisotopic (exact) mass is 328 g/mol. The Kier molecular flexibility index (Phi) is 8.28. The molecule has 0 amide bonds. The van der Waals surface area contributed by atoms with E-state index in [4.69, 9.17) is 11.2 Å². The van der Waals surface area contributed by atoms with Crippen molar-refractivity contribution >= 4 is 17.2 Å². The van der Waals surface area contributed by atoms with Crippen LogP contribution in [0.15, 0.2) is 30.3 Å². The minimum absolute atomic E-state index is 1.15. The van der Waals surface area contributed by atoms with Crippen LogP contribution >= 0.6 is 17.2 Å². The van der Waals surface area contributed by atoms with Gasteiger partial charge in [0.2, 0.25) is 0 Å². The van der Waals surface area contributed by atoms with Gasteiger partial charge in [0, 0.05) is 0 Å². The van der Waals surface area contributed by atoms with Gasteiger partial charge in [0.1, 0.15) is 0 Å². The van der Waals surface area contributed by atoms with E-state index >= 15 is 0 Å². The van der Waals surface area contributed by atoms with Crippen molar-refractivity contribution in [3.8, 4) is 0 Å². The van der Waals surface area contributed by atoms with Crippen molar-refractivity contribution in [2.24, 2.45) is 0 Å². The predicted molar refractivity (Wildman–Crippen MR) is 102 cm³/mol. The van der Waals surface area contributed by atoms with Gasteiger partial charge in [0.15, 0.2) is 0 Å². The Morgan fingerprint density at radius 2 is 1.19 bits per heavy atom. The van der Waals surface area contributed by atoms with Gasteiger partial charge < -0.3 is 0 Å². The molecule has 0 aliphatic rings. The number of rotatable bonds is 11. The van der Waals surface area contributed by atoms with Crippen molar-refractivity contribution in [1.29, 1.82) is 0 Å². The second-order valence-electron chi connectivity index (χ2n) is 6.69. The Bertz CT molecular complexity index is 363. The Morgan fingerprint density at radius 1 is 0.762 bits per heavy atom. The summed E-state index contributed by atoms with van der Waals surface area (Å²) in [4.78, 5) is 0. The number of benzene rings is 1. The van der Waals surface area contributed by atoms with Gasteiger partial charge in [-0.2, -0.15) is 0 Å². The van der Waals surface area contributed by atoms with Crippen LogP contribution < -0.4 is 0 Å². The molecule has 0 aliphatic carbocycles. The average molecular weight is 329 g/mol. The van der Waals surface area contributed by atoms with E-state index in [0.29, 0.717) is 0 Å². The maximum absolute atomic E-state index is 7.60. The Morgan fingerprint density at radius 3 is 1.57 bits per heavy atom. The zero-order chi connectivity index (χ0) is 15.6. The molecule has 21 heavy (non-hydrogen) atoms. The SMILES string of the molecule is CCCCP(Cl)(CCCC)(CCCC)Cc1ccccc1. The Balaban J connectivity index is 3.01. The average Bonchev–Trinajstić information content (AvgIpc) is 2.51. The maximum atomic E-state index is 7.60. The van der Waals surface area contributed by atoms with Crippen LogP contribution in [0.3, 0.4) is 0 Å². The number of hydrogen-bond acceptors (Lipinski definition) is 0. The van der Waals surface area contributed by atoms with Gasteiger partial charge in [-0.25, -0.2) is 0 Å². The van der Waals surface area contributed by atoms with E-state index in [2.05, 4.69) is 51.1 Å². The Labute approximate surface area is 137 Å². The third kappa shape index (κ3) is 6.29. The van der Waals surface area contributed by atoms with Gasteiger partial charge >= 0.3 is 137 Å². The molecule has 0 bridgehead atoms. The molecule has 0 radical (unpaired) electrons. The van der Waals surface area contributed by atoms with Crippen molar-refractivity contribution < 1.29 is 0 Å². The van der Waals surface area contributed by atoms with Gasteiger partial charge in [-0.15, -0.1) is 0 Å². The summed E-state index contributed by atoms with van der Waals surface area (Å²) < 4.78 is 0. The molecule has 1 rings (SSSR count). The molecule has 1 aromatic carbocycles. The minimum atomic E-state index is -2.12. The van der Waals surface area contributed by atoms with Crippen LogP contribution in [0.1, 0.15) is 64.9 Å². The molecule has 0 heterocycles. The summed E-state index contributed by atoms with van der Waals surface area (Å²) >= 11 is 7.60. The van der Waals surface area contributed by atoms with Crippen LogP contribution in [0.25, 0.3) is 0 Å². The third-order valence-electron chi connectivity index (χ3n) is 4.63.